The summed E-state index contributed by atoms with van der Waals surface area (Å²) in [5.74, 6) is -3.17. The lowest BCUT2D eigenvalue weighted by molar-refractivity contribution is -0.156. The van der Waals surface area contributed by atoms with Crippen LogP contribution in [0.15, 0.2) is 18.2 Å². The van der Waals surface area contributed by atoms with Gasteiger partial charge in [-0.25, -0.2) is 8.78 Å². The highest BCUT2D eigenvalue weighted by Crippen LogP contribution is 2.34. The van der Waals surface area contributed by atoms with Crippen molar-refractivity contribution in [3.8, 4) is 0 Å². The topological polar surface area (TPSA) is 46.5 Å². The Balaban J connectivity index is 3.22. The van der Waals surface area contributed by atoms with Gasteiger partial charge < -0.3 is 9.84 Å². The molecule has 5 heteroatoms. The van der Waals surface area contributed by atoms with E-state index in [9.17, 15) is 18.7 Å². The molecular formula is C13H16F2O3. The largest absolute Gasteiger partial charge is 0.469 e. The van der Waals surface area contributed by atoms with Gasteiger partial charge in [0.2, 0.25) is 0 Å². The van der Waals surface area contributed by atoms with E-state index in [1.54, 1.807) is 6.92 Å². The molecule has 1 aromatic rings. The Morgan fingerprint density at radius 3 is 2.56 bits per heavy atom. The van der Waals surface area contributed by atoms with Crippen molar-refractivity contribution in [2.45, 2.75) is 25.9 Å². The lowest BCUT2D eigenvalue weighted by Gasteiger charge is -2.31. The van der Waals surface area contributed by atoms with Gasteiger partial charge in [-0.05, 0) is 19.4 Å². The van der Waals surface area contributed by atoms with Gasteiger partial charge in [-0.15, -0.1) is 0 Å². The molecule has 0 bridgehead atoms. The average molecular weight is 258 g/mol. The van der Waals surface area contributed by atoms with Crippen LogP contribution >= 0.6 is 0 Å². The van der Waals surface area contributed by atoms with Crippen molar-refractivity contribution in [2.24, 2.45) is 5.92 Å². The normalized spacial score (nSPS) is 15.9. The summed E-state index contributed by atoms with van der Waals surface area (Å²) in [6, 6.07) is 2.85. The predicted octanol–water partition coefficient (Wildman–Crippen LogP) is 2.37. The quantitative estimate of drug-likeness (QED) is 0.843. The molecule has 0 spiro atoms. The lowest BCUT2D eigenvalue weighted by Crippen LogP contribution is -2.38. The highest BCUT2D eigenvalue weighted by Gasteiger charge is 2.40. The number of aliphatic hydroxyl groups is 1. The van der Waals surface area contributed by atoms with Gasteiger partial charge in [0.15, 0.2) is 0 Å². The zero-order valence-electron chi connectivity index (χ0n) is 10.5. The van der Waals surface area contributed by atoms with Crippen LogP contribution in [0.5, 0.6) is 0 Å². The summed E-state index contributed by atoms with van der Waals surface area (Å²) >= 11 is 0. The maximum atomic E-state index is 13.7. The minimum absolute atomic E-state index is 0.124. The van der Waals surface area contributed by atoms with Crippen LogP contribution in [0.4, 0.5) is 8.78 Å². The molecule has 0 saturated heterocycles. The predicted molar refractivity (Wildman–Crippen MR) is 61.7 cm³/mol. The number of hydrogen-bond acceptors (Lipinski definition) is 3. The van der Waals surface area contributed by atoms with Crippen molar-refractivity contribution in [1.82, 2.24) is 0 Å². The van der Waals surface area contributed by atoms with Crippen LogP contribution in [0, 0.1) is 17.6 Å². The zero-order chi connectivity index (χ0) is 13.9. The van der Waals surface area contributed by atoms with Gasteiger partial charge in [-0.2, -0.15) is 0 Å². The van der Waals surface area contributed by atoms with Crippen LogP contribution in [0.2, 0.25) is 0 Å². The SMILES string of the molecule is CCC(C(=O)OC)C(C)(O)c1ccc(F)cc1F. The number of rotatable bonds is 4. The Kier molecular flexibility index (Phi) is 4.40. The molecule has 0 radical (unpaired) electrons. The second kappa shape index (κ2) is 5.44. The Labute approximate surface area is 104 Å². The van der Waals surface area contributed by atoms with E-state index in [0.29, 0.717) is 6.07 Å². The first-order chi connectivity index (χ1) is 8.34. The summed E-state index contributed by atoms with van der Waals surface area (Å²) in [6.07, 6.45) is 0.274. The second-order valence-electron chi connectivity index (χ2n) is 4.26. The fourth-order valence-electron chi connectivity index (χ4n) is 2.02. The van der Waals surface area contributed by atoms with Crippen molar-refractivity contribution >= 4 is 5.97 Å². The number of carbonyl (C=O) groups excluding carboxylic acids is 1. The molecule has 0 amide bonds. The Morgan fingerprint density at radius 2 is 2.11 bits per heavy atom. The third kappa shape index (κ3) is 2.67. The molecule has 100 valence electrons. The van der Waals surface area contributed by atoms with E-state index in [0.717, 1.165) is 12.1 Å². The van der Waals surface area contributed by atoms with Gasteiger partial charge in [0.05, 0.1) is 13.0 Å². The van der Waals surface area contributed by atoms with Gasteiger partial charge in [-0.3, -0.25) is 4.79 Å². The van der Waals surface area contributed by atoms with Gasteiger partial charge in [0, 0.05) is 11.6 Å². The van der Waals surface area contributed by atoms with E-state index in [2.05, 4.69) is 4.74 Å². The molecule has 1 N–H and O–H groups in total. The number of carbonyl (C=O) groups is 1. The first-order valence-corrected chi connectivity index (χ1v) is 5.60. The Morgan fingerprint density at radius 1 is 1.50 bits per heavy atom. The van der Waals surface area contributed by atoms with Crippen LogP contribution in [0.1, 0.15) is 25.8 Å². The van der Waals surface area contributed by atoms with Crippen molar-refractivity contribution in [2.75, 3.05) is 7.11 Å². The van der Waals surface area contributed by atoms with Crippen molar-refractivity contribution in [3.05, 3.63) is 35.4 Å². The summed E-state index contributed by atoms with van der Waals surface area (Å²) < 4.78 is 31.1. The lowest BCUT2D eigenvalue weighted by atomic mass is 9.81. The smallest absolute Gasteiger partial charge is 0.311 e. The molecule has 2 atom stereocenters. The first kappa shape index (κ1) is 14.6. The fourth-order valence-corrected chi connectivity index (χ4v) is 2.02. The molecule has 1 aromatic carbocycles. The van der Waals surface area contributed by atoms with Crippen molar-refractivity contribution in [3.63, 3.8) is 0 Å². The maximum Gasteiger partial charge on any atom is 0.311 e. The maximum absolute atomic E-state index is 13.7. The minimum atomic E-state index is -1.75. The zero-order valence-corrected chi connectivity index (χ0v) is 10.5. The van der Waals surface area contributed by atoms with Gasteiger partial charge in [-0.1, -0.05) is 13.0 Å². The minimum Gasteiger partial charge on any atom is -0.469 e. The molecule has 0 fully saturated rings. The number of ether oxygens (including phenoxy) is 1. The third-order valence-electron chi connectivity index (χ3n) is 3.05. The van der Waals surface area contributed by atoms with E-state index in [-0.39, 0.29) is 12.0 Å². The summed E-state index contributed by atoms with van der Waals surface area (Å²) in [5.41, 5.74) is -1.87. The molecule has 0 heterocycles. The van der Waals surface area contributed by atoms with Gasteiger partial charge in [0.25, 0.3) is 0 Å². The standard InChI is InChI=1S/C13H16F2O3/c1-4-9(12(16)18-3)13(2,17)10-6-5-8(14)7-11(10)15/h5-7,9,17H,4H2,1-3H3. The number of hydrogen-bond donors (Lipinski definition) is 1. The van der Waals surface area contributed by atoms with Crippen LogP contribution < -0.4 is 0 Å². The van der Waals surface area contributed by atoms with E-state index >= 15 is 0 Å². The third-order valence-corrected chi connectivity index (χ3v) is 3.05. The molecular weight excluding hydrogens is 242 g/mol. The molecule has 0 saturated carbocycles. The number of methoxy groups -OCH3 is 1. The van der Waals surface area contributed by atoms with Gasteiger partial charge in [0.1, 0.15) is 17.2 Å². The Hall–Kier alpha value is -1.49. The average Bonchev–Trinajstić information content (AvgIpc) is 2.28. The number of halogens is 2. The monoisotopic (exact) mass is 258 g/mol. The summed E-state index contributed by atoms with van der Waals surface area (Å²) in [4.78, 5) is 11.6. The summed E-state index contributed by atoms with van der Waals surface area (Å²) in [6.45, 7) is 2.99. The van der Waals surface area contributed by atoms with Gasteiger partial charge >= 0.3 is 5.97 Å². The van der Waals surface area contributed by atoms with Crippen molar-refractivity contribution in [1.29, 1.82) is 0 Å². The van der Waals surface area contributed by atoms with Crippen molar-refractivity contribution < 1.29 is 23.4 Å². The highest BCUT2D eigenvalue weighted by molar-refractivity contribution is 5.74. The molecule has 0 aliphatic rings. The van der Waals surface area contributed by atoms with E-state index in [1.807, 2.05) is 0 Å². The number of benzene rings is 1. The molecule has 18 heavy (non-hydrogen) atoms. The fraction of sp³-hybridized carbons (Fsp3) is 0.462. The van der Waals surface area contributed by atoms with E-state index in [4.69, 9.17) is 0 Å². The molecule has 3 nitrogen and oxygen atoms in total. The van der Waals surface area contributed by atoms with Crippen LogP contribution in [0.25, 0.3) is 0 Å². The molecule has 0 aliphatic carbocycles. The van der Waals surface area contributed by atoms with E-state index in [1.165, 1.54) is 14.0 Å². The van der Waals surface area contributed by atoms with Crippen LogP contribution in [-0.4, -0.2) is 18.2 Å². The van der Waals surface area contributed by atoms with Crippen LogP contribution in [0.3, 0.4) is 0 Å². The molecule has 0 aromatic heterocycles. The van der Waals surface area contributed by atoms with Crippen LogP contribution in [-0.2, 0) is 15.1 Å². The summed E-state index contributed by atoms with van der Waals surface area (Å²) in [5, 5.41) is 10.4. The van der Waals surface area contributed by atoms with E-state index < -0.39 is 29.1 Å². The first-order valence-electron chi connectivity index (χ1n) is 5.60. The molecule has 0 aliphatic heterocycles. The Bertz CT molecular complexity index is 444. The highest BCUT2D eigenvalue weighted by atomic mass is 19.1. The summed E-state index contributed by atoms with van der Waals surface area (Å²) in [7, 11) is 1.20. The molecule has 1 rings (SSSR count). The molecule has 2 unspecified atom stereocenters. The number of esters is 1. The second-order valence-corrected chi connectivity index (χ2v) is 4.26.